The van der Waals surface area contributed by atoms with E-state index >= 15 is 0 Å². The molecule has 1 aromatic rings. The van der Waals surface area contributed by atoms with Crippen LogP contribution in [0.2, 0.25) is 0 Å². The van der Waals surface area contributed by atoms with Crippen molar-refractivity contribution in [2.24, 2.45) is 11.1 Å². The second kappa shape index (κ2) is 5.44. The number of benzene rings is 1. The summed E-state index contributed by atoms with van der Waals surface area (Å²) in [7, 11) is -3.87. The van der Waals surface area contributed by atoms with Crippen LogP contribution in [0.3, 0.4) is 0 Å². The van der Waals surface area contributed by atoms with Crippen molar-refractivity contribution in [2.75, 3.05) is 18.5 Å². The summed E-state index contributed by atoms with van der Waals surface area (Å²) in [5, 5.41) is 7.99. The Bertz CT molecular complexity index is 556. The van der Waals surface area contributed by atoms with Crippen molar-refractivity contribution in [1.29, 1.82) is 0 Å². The number of hydrogen-bond acceptors (Lipinski definition) is 4. The molecule has 0 saturated carbocycles. The van der Waals surface area contributed by atoms with E-state index in [9.17, 15) is 12.8 Å². The minimum Gasteiger partial charge on any atom is -0.381 e. The molecule has 0 aromatic heterocycles. The smallest absolute Gasteiger partial charge is 0.238 e. The first-order valence-corrected chi connectivity index (χ1v) is 7.59. The summed E-state index contributed by atoms with van der Waals surface area (Å²) in [6.45, 7) is 3.33. The molecule has 1 heterocycles. The fraction of sp³-hybridized carbons (Fsp3) is 0.500. The fourth-order valence-corrected chi connectivity index (χ4v) is 2.63. The van der Waals surface area contributed by atoms with E-state index in [4.69, 9.17) is 9.88 Å². The molecule has 2 rings (SSSR count). The Morgan fingerprint density at radius 1 is 1.53 bits per heavy atom. The van der Waals surface area contributed by atoms with Crippen molar-refractivity contribution >= 4 is 15.7 Å². The normalized spacial score (nSPS) is 21.3. The summed E-state index contributed by atoms with van der Waals surface area (Å²) >= 11 is 0. The largest absolute Gasteiger partial charge is 0.381 e. The van der Waals surface area contributed by atoms with Crippen LogP contribution in [0.1, 0.15) is 13.3 Å². The second-order valence-corrected chi connectivity index (χ2v) is 6.30. The van der Waals surface area contributed by atoms with Gasteiger partial charge in [-0.15, -0.1) is 0 Å². The van der Waals surface area contributed by atoms with Gasteiger partial charge >= 0.3 is 0 Å². The third-order valence-corrected chi connectivity index (χ3v) is 4.24. The number of hydrogen-bond donors (Lipinski definition) is 2. The molecule has 1 saturated heterocycles. The third kappa shape index (κ3) is 3.43. The number of anilines is 1. The van der Waals surface area contributed by atoms with Gasteiger partial charge in [-0.3, -0.25) is 0 Å². The average molecular weight is 288 g/mol. The van der Waals surface area contributed by atoms with Gasteiger partial charge in [-0.1, -0.05) is 0 Å². The Kier molecular flexibility index (Phi) is 4.07. The predicted molar refractivity (Wildman–Crippen MR) is 69.8 cm³/mol. The van der Waals surface area contributed by atoms with Gasteiger partial charge < -0.3 is 10.1 Å². The third-order valence-electron chi connectivity index (χ3n) is 3.32. The summed E-state index contributed by atoms with van der Waals surface area (Å²) in [5.41, 5.74) is 0.270. The molecular formula is C12H17FN2O3S. The van der Waals surface area contributed by atoms with Gasteiger partial charge in [-0.2, -0.15) is 0 Å². The molecule has 106 valence electrons. The highest BCUT2D eigenvalue weighted by Crippen LogP contribution is 2.23. The lowest BCUT2D eigenvalue weighted by atomic mass is 10.0. The van der Waals surface area contributed by atoms with E-state index in [2.05, 4.69) is 5.32 Å². The van der Waals surface area contributed by atoms with Crippen molar-refractivity contribution in [3.05, 3.63) is 24.0 Å². The number of halogens is 1. The monoisotopic (exact) mass is 288 g/mol. The van der Waals surface area contributed by atoms with Gasteiger partial charge in [0.15, 0.2) is 0 Å². The van der Waals surface area contributed by atoms with Gasteiger partial charge in [0.05, 0.1) is 17.2 Å². The molecule has 1 fully saturated rings. The molecule has 0 radical (unpaired) electrons. The van der Waals surface area contributed by atoms with Crippen molar-refractivity contribution in [1.82, 2.24) is 0 Å². The van der Waals surface area contributed by atoms with E-state index in [0.717, 1.165) is 19.1 Å². The zero-order valence-corrected chi connectivity index (χ0v) is 11.4. The zero-order valence-electron chi connectivity index (χ0n) is 10.6. The molecular weight excluding hydrogens is 271 g/mol. The molecule has 19 heavy (non-hydrogen) atoms. The van der Waals surface area contributed by atoms with E-state index in [0.29, 0.717) is 12.5 Å². The van der Waals surface area contributed by atoms with E-state index in [1.165, 1.54) is 12.1 Å². The molecule has 0 aliphatic carbocycles. The van der Waals surface area contributed by atoms with E-state index in [-0.39, 0.29) is 16.6 Å². The molecule has 7 heteroatoms. The lowest BCUT2D eigenvalue weighted by molar-refractivity contribution is 0.183. The van der Waals surface area contributed by atoms with E-state index < -0.39 is 15.8 Å². The number of sulfonamides is 1. The molecule has 0 spiro atoms. The number of ether oxygens (including phenoxy) is 1. The quantitative estimate of drug-likeness (QED) is 0.875. The molecule has 1 aliphatic heterocycles. The minimum atomic E-state index is -3.87. The highest BCUT2D eigenvalue weighted by molar-refractivity contribution is 7.89. The predicted octanol–water partition coefficient (Wildman–Crippen LogP) is 1.31. The first-order chi connectivity index (χ1) is 8.88. The van der Waals surface area contributed by atoms with Crippen LogP contribution in [-0.2, 0) is 14.8 Å². The number of nitrogens with one attached hydrogen (secondary N) is 1. The molecule has 3 N–H and O–H groups in total. The SMILES string of the molecule is CC(Nc1ccc(S(N)(=O)=O)cc1F)C1CCOC1. The highest BCUT2D eigenvalue weighted by atomic mass is 32.2. The average Bonchev–Trinajstić information content (AvgIpc) is 2.84. The lowest BCUT2D eigenvalue weighted by Gasteiger charge is -2.21. The van der Waals surface area contributed by atoms with Crippen LogP contribution in [-0.4, -0.2) is 27.7 Å². The molecule has 1 aliphatic rings. The van der Waals surface area contributed by atoms with Crippen LogP contribution < -0.4 is 10.5 Å². The lowest BCUT2D eigenvalue weighted by Crippen LogP contribution is -2.26. The van der Waals surface area contributed by atoms with Crippen LogP contribution >= 0.6 is 0 Å². The van der Waals surface area contributed by atoms with Crippen molar-refractivity contribution < 1.29 is 17.5 Å². The van der Waals surface area contributed by atoms with Crippen LogP contribution in [0.4, 0.5) is 10.1 Å². The first kappa shape index (κ1) is 14.2. The molecule has 2 atom stereocenters. The van der Waals surface area contributed by atoms with Crippen molar-refractivity contribution in [3.63, 3.8) is 0 Å². The fourth-order valence-electron chi connectivity index (χ4n) is 2.10. The molecule has 1 aromatic carbocycles. The van der Waals surface area contributed by atoms with Crippen LogP contribution in [0.5, 0.6) is 0 Å². The van der Waals surface area contributed by atoms with Crippen molar-refractivity contribution in [3.8, 4) is 0 Å². The van der Waals surface area contributed by atoms with Gasteiger partial charge in [-0.05, 0) is 31.5 Å². The van der Waals surface area contributed by atoms with Gasteiger partial charge in [0.1, 0.15) is 5.82 Å². The number of rotatable bonds is 4. The Morgan fingerprint density at radius 3 is 2.79 bits per heavy atom. The maximum absolute atomic E-state index is 13.8. The Morgan fingerprint density at radius 2 is 2.26 bits per heavy atom. The Hall–Kier alpha value is -1.18. The van der Waals surface area contributed by atoms with Gasteiger partial charge in [0.25, 0.3) is 0 Å². The summed E-state index contributed by atoms with van der Waals surface area (Å²) < 4.78 is 41.3. The molecule has 2 unspecified atom stereocenters. The molecule has 0 amide bonds. The van der Waals surface area contributed by atoms with E-state index in [1.54, 1.807) is 0 Å². The number of nitrogens with two attached hydrogens (primary N) is 1. The van der Waals surface area contributed by atoms with Gasteiger partial charge in [0, 0.05) is 18.6 Å². The van der Waals surface area contributed by atoms with Crippen molar-refractivity contribution in [2.45, 2.75) is 24.3 Å². The maximum Gasteiger partial charge on any atom is 0.238 e. The van der Waals surface area contributed by atoms with E-state index in [1.807, 2.05) is 6.92 Å². The van der Waals surface area contributed by atoms with Crippen LogP contribution in [0, 0.1) is 11.7 Å². The first-order valence-electron chi connectivity index (χ1n) is 6.04. The summed E-state index contributed by atoms with van der Waals surface area (Å²) in [6, 6.07) is 3.66. The Labute approximate surface area is 112 Å². The summed E-state index contributed by atoms with van der Waals surface area (Å²) in [6.07, 6.45) is 0.936. The maximum atomic E-state index is 13.8. The topological polar surface area (TPSA) is 81.4 Å². The summed E-state index contributed by atoms with van der Waals surface area (Å²) in [5.74, 6) is -0.297. The van der Waals surface area contributed by atoms with Crippen LogP contribution in [0.15, 0.2) is 23.1 Å². The summed E-state index contributed by atoms with van der Waals surface area (Å²) in [4.78, 5) is -0.229. The second-order valence-electron chi connectivity index (χ2n) is 4.74. The number of primary sulfonamides is 1. The zero-order chi connectivity index (χ0) is 14.0. The Balaban J connectivity index is 2.13. The molecule has 0 bridgehead atoms. The highest BCUT2D eigenvalue weighted by Gasteiger charge is 2.23. The van der Waals surface area contributed by atoms with Crippen LogP contribution in [0.25, 0.3) is 0 Å². The van der Waals surface area contributed by atoms with Gasteiger partial charge in [0.2, 0.25) is 10.0 Å². The molecule has 5 nitrogen and oxygen atoms in total. The standard InChI is InChI=1S/C12H17FN2O3S/c1-8(9-4-5-18-7-9)15-12-3-2-10(6-11(12)13)19(14,16)17/h2-3,6,8-9,15H,4-5,7H2,1H3,(H2,14,16,17). The van der Waals surface area contributed by atoms with Gasteiger partial charge in [-0.25, -0.2) is 17.9 Å². The minimum absolute atomic E-state index is 0.0531.